The molecule has 184 valence electrons. The van der Waals surface area contributed by atoms with Gasteiger partial charge in [0.15, 0.2) is 0 Å². The van der Waals surface area contributed by atoms with Gasteiger partial charge in [-0.1, -0.05) is 47.6 Å². The zero-order valence-electron chi connectivity index (χ0n) is 20.1. The van der Waals surface area contributed by atoms with E-state index in [-0.39, 0.29) is 0 Å². The molecule has 0 atom stereocenters. The minimum absolute atomic E-state index is 0.406. The molecule has 0 unspecified atom stereocenters. The average molecular weight is 544 g/mol. The first-order valence-electron chi connectivity index (χ1n) is 11.8. The number of nitrogens with zero attached hydrogens (tertiary/aromatic N) is 5. The molecule has 6 nitrogen and oxygen atoms in total. The van der Waals surface area contributed by atoms with E-state index in [0.29, 0.717) is 44.9 Å². The van der Waals surface area contributed by atoms with Gasteiger partial charge >= 0.3 is 0 Å². The summed E-state index contributed by atoms with van der Waals surface area (Å²) in [6, 6.07) is 19.8. The Balaban J connectivity index is 1.51. The van der Waals surface area contributed by atoms with Gasteiger partial charge in [-0.15, -0.1) is 11.3 Å². The van der Waals surface area contributed by atoms with Gasteiger partial charge in [0.1, 0.15) is 39.3 Å². The molecule has 2 aromatic carbocycles. The van der Waals surface area contributed by atoms with Gasteiger partial charge in [-0.2, -0.15) is 10.5 Å². The average Bonchev–Trinajstić information content (AvgIpc) is 3.36. The number of benzene rings is 2. The van der Waals surface area contributed by atoms with E-state index in [2.05, 4.69) is 17.0 Å². The summed E-state index contributed by atoms with van der Waals surface area (Å²) in [6.45, 7) is 4.19. The van der Waals surface area contributed by atoms with Crippen LogP contribution in [-0.4, -0.2) is 29.7 Å². The van der Waals surface area contributed by atoms with Crippen LogP contribution in [0.25, 0.3) is 21.7 Å². The maximum absolute atomic E-state index is 10.2. The van der Waals surface area contributed by atoms with E-state index in [1.807, 2.05) is 60.8 Å². The first-order chi connectivity index (χ1) is 18.1. The van der Waals surface area contributed by atoms with Crippen molar-refractivity contribution in [2.75, 3.05) is 24.6 Å². The number of halogens is 1. The Hall–Kier alpha value is -3.56. The van der Waals surface area contributed by atoms with Crippen LogP contribution in [0.1, 0.15) is 30.2 Å². The minimum atomic E-state index is 0.406. The number of ether oxygens (including phenoxy) is 1. The monoisotopic (exact) mass is 543 g/mol. The van der Waals surface area contributed by atoms with Crippen molar-refractivity contribution in [3.05, 3.63) is 75.8 Å². The normalized spacial score (nSPS) is 12.5. The molecular weight excluding hydrogens is 522 g/mol. The topological polar surface area (TPSA) is 85.8 Å². The molecule has 1 saturated heterocycles. The Morgan fingerprint density at radius 2 is 1.70 bits per heavy atom. The first-order valence-corrected chi connectivity index (χ1v) is 14.0. The molecule has 0 aliphatic carbocycles. The predicted molar refractivity (Wildman–Crippen MR) is 149 cm³/mol. The number of nitriles is 2. The van der Waals surface area contributed by atoms with Gasteiger partial charge in [-0.25, -0.2) is 9.97 Å². The second-order valence-electron chi connectivity index (χ2n) is 8.33. The molecule has 3 heterocycles. The molecule has 0 saturated carbocycles. The van der Waals surface area contributed by atoms with Gasteiger partial charge in [-0.05, 0) is 43.2 Å². The summed E-state index contributed by atoms with van der Waals surface area (Å²) in [5.74, 6) is 1.94. The molecule has 9 heteroatoms. The predicted octanol–water partition coefficient (Wildman–Crippen LogP) is 7.17. The van der Waals surface area contributed by atoms with E-state index in [4.69, 9.17) is 26.3 Å². The van der Waals surface area contributed by atoms with Crippen molar-refractivity contribution in [3.8, 4) is 39.6 Å². The minimum Gasteiger partial charge on any atom is -0.494 e. The second-order valence-corrected chi connectivity index (χ2v) is 10.6. The molecular formula is C28H22ClN5OS2. The smallest absolute Gasteiger partial charge is 0.148 e. The van der Waals surface area contributed by atoms with Crippen molar-refractivity contribution in [2.24, 2.45) is 0 Å². The molecule has 1 fully saturated rings. The fourth-order valence-electron chi connectivity index (χ4n) is 4.04. The summed E-state index contributed by atoms with van der Waals surface area (Å²) in [7, 11) is 0. The molecule has 4 aromatic rings. The summed E-state index contributed by atoms with van der Waals surface area (Å²) in [6.07, 6.45) is 1.06. The maximum Gasteiger partial charge on any atom is 0.148 e. The van der Waals surface area contributed by atoms with E-state index in [1.54, 1.807) is 11.3 Å². The van der Waals surface area contributed by atoms with Gasteiger partial charge in [0.05, 0.1) is 17.9 Å². The largest absolute Gasteiger partial charge is 0.494 e. The molecule has 0 spiro atoms. The van der Waals surface area contributed by atoms with E-state index < -0.39 is 0 Å². The van der Waals surface area contributed by atoms with Crippen molar-refractivity contribution >= 4 is 40.5 Å². The number of thiazole rings is 1. The van der Waals surface area contributed by atoms with E-state index in [0.717, 1.165) is 47.1 Å². The van der Waals surface area contributed by atoms with Crippen LogP contribution in [0.15, 0.2) is 58.9 Å². The molecule has 37 heavy (non-hydrogen) atoms. The van der Waals surface area contributed by atoms with Crippen LogP contribution in [0.4, 0.5) is 5.82 Å². The Labute approximate surface area is 229 Å². The van der Waals surface area contributed by atoms with Crippen LogP contribution < -0.4 is 9.64 Å². The Bertz CT molecular complexity index is 1500. The lowest BCUT2D eigenvalue weighted by molar-refractivity contribution is 0.340. The molecule has 5 rings (SSSR count). The molecule has 0 radical (unpaired) electrons. The van der Waals surface area contributed by atoms with Gasteiger partial charge < -0.3 is 9.64 Å². The Morgan fingerprint density at radius 3 is 2.32 bits per heavy atom. The summed E-state index contributed by atoms with van der Waals surface area (Å²) in [5.41, 5.74) is 4.17. The van der Waals surface area contributed by atoms with Gasteiger partial charge in [0, 0.05) is 40.4 Å². The van der Waals surface area contributed by atoms with Crippen molar-refractivity contribution in [1.82, 2.24) is 9.97 Å². The fourth-order valence-corrected chi connectivity index (χ4v) is 5.97. The number of hydrogen-bond acceptors (Lipinski definition) is 8. The summed E-state index contributed by atoms with van der Waals surface area (Å²) >= 11 is 9.06. The van der Waals surface area contributed by atoms with Gasteiger partial charge in [-0.3, -0.25) is 0 Å². The van der Waals surface area contributed by atoms with Crippen LogP contribution >= 0.6 is 34.7 Å². The maximum atomic E-state index is 10.2. The third-order valence-corrected chi connectivity index (χ3v) is 8.18. The van der Waals surface area contributed by atoms with Crippen LogP contribution in [0, 0.1) is 22.7 Å². The number of anilines is 1. The number of aromatic nitrogens is 2. The molecule has 1 aliphatic heterocycles. The van der Waals surface area contributed by atoms with Crippen molar-refractivity contribution < 1.29 is 4.74 Å². The number of pyridine rings is 1. The summed E-state index contributed by atoms with van der Waals surface area (Å²) in [5, 5.41) is 24.6. The lowest BCUT2D eigenvalue weighted by Gasteiger charge is -2.33. The van der Waals surface area contributed by atoms with Crippen LogP contribution in [0.5, 0.6) is 5.75 Å². The quantitative estimate of drug-likeness (QED) is 0.218. The first kappa shape index (κ1) is 25.1. The highest BCUT2D eigenvalue weighted by Crippen LogP contribution is 2.40. The van der Waals surface area contributed by atoms with Gasteiger partial charge in [0.25, 0.3) is 0 Å². The summed E-state index contributed by atoms with van der Waals surface area (Å²) in [4.78, 5) is 11.7. The molecule has 1 aliphatic rings. The number of rotatable bonds is 8. The van der Waals surface area contributed by atoms with Crippen molar-refractivity contribution in [2.45, 2.75) is 24.1 Å². The molecule has 2 aromatic heterocycles. The van der Waals surface area contributed by atoms with Gasteiger partial charge in [0.2, 0.25) is 0 Å². The molecule has 0 amide bonds. The lowest BCUT2D eigenvalue weighted by atomic mass is 9.96. The van der Waals surface area contributed by atoms with Crippen molar-refractivity contribution in [3.63, 3.8) is 0 Å². The zero-order chi connectivity index (χ0) is 25.8. The zero-order valence-corrected chi connectivity index (χ0v) is 22.5. The highest BCUT2D eigenvalue weighted by atomic mass is 35.5. The highest BCUT2D eigenvalue weighted by Gasteiger charge is 2.27. The molecule has 0 bridgehead atoms. The second kappa shape index (κ2) is 11.2. The van der Waals surface area contributed by atoms with Crippen LogP contribution in [0.2, 0.25) is 5.02 Å². The van der Waals surface area contributed by atoms with Crippen molar-refractivity contribution in [1.29, 1.82) is 10.5 Å². The summed E-state index contributed by atoms with van der Waals surface area (Å²) < 4.78 is 5.58. The Kier molecular flexibility index (Phi) is 7.62. The SMILES string of the molecule is CCOc1ccc(-c2c(C#N)c(SCc3csc(-c4ccc(Cl)cc4)n3)nc(N3CCC3)c2C#N)cc1. The van der Waals surface area contributed by atoms with Crippen LogP contribution in [0.3, 0.4) is 0 Å². The molecule has 0 N–H and O–H groups in total. The Morgan fingerprint density at radius 1 is 1.00 bits per heavy atom. The lowest BCUT2D eigenvalue weighted by Crippen LogP contribution is -2.38. The third kappa shape index (κ3) is 5.28. The third-order valence-electron chi connectivity index (χ3n) is 5.98. The van der Waals surface area contributed by atoms with Crippen LogP contribution in [-0.2, 0) is 5.75 Å². The highest BCUT2D eigenvalue weighted by molar-refractivity contribution is 7.98. The van der Waals surface area contributed by atoms with E-state index in [9.17, 15) is 10.5 Å². The fraction of sp³-hybridized carbons (Fsp3) is 0.214. The standard InChI is InChI=1S/C28H22ClN5OS2/c1-2-35-22-10-6-18(7-11-22)25-23(14-30)26(34-12-3-13-34)33-28(24(25)15-31)37-17-21-16-36-27(32-21)19-4-8-20(29)9-5-19/h4-11,16H,2-3,12-13,17H2,1H3. The number of thioether (sulfide) groups is 1. The number of hydrogen-bond donors (Lipinski definition) is 0. The van der Waals surface area contributed by atoms with E-state index in [1.165, 1.54) is 11.8 Å². The van der Waals surface area contributed by atoms with E-state index >= 15 is 0 Å².